The molecule has 8 nitrogen and oxygen atoms in total. The highest BCUT2D eigenvalue weighted by molar-refractivity contribution is 7.86. The highest BCUT2D eigenvalue weighted by Crippen LogP contribution is 2.28. The van der Waals surface area contributed by atoms with Gasteiger partial charge < -0.3 is 19.4 Å². The number of rotatable bonds is 10. The van der Waals surface area contributed by atoms with Crippen molar-refractivity contribution in [1.29, 1.82) is 0 Å². The molecule has 0 heterocycles. The summed E-state index contributed by atoms with van der Waals surface area (Å²) < 4.78 is 38.3. The zero-order chi connectivity index (χ0) is 24.6. The molecular weight excluding hydrogens is 458 g/mol. The van der Waals surface area contributed by atoms with E-state index in [1.165, 1.54) is 24.3 Å². The second-order valence-corrected chi connectivity index (χ2v) is 9.24. The third-order valence-electron chi connectivity index (χ3n) is 4.86. The molecular formula is C25H25NO7S. The van der Waals surface area contributed by atoms with Crippen LogP contribution < -0.4 is 9.92 Å². The van der Waals surface area contributed by atoms with Crippen molar-refractivity contribution in [1.82, 2.24) is 0 Å². The molecule has 0 aromatic heterocycles. The Morgan fingerprint density at radius 1 is 0.794 bits per heavy atom. The monoisotopic (exact) mass is 483 g/mol. The summed E-state index contributed by atoms with van der Waals surface area (Å²) in [5, 5.41) is 0. The van der Waals surface area contributed by atoms with Crippen LogP contribution in [0.15, 0.2) is 84.9 Å². The lowest BCUT2D eigenvalue weighted by molar-refractivity contribution is -0.158. The van der Waals surface area contributed by atoms with Crippen LogP contribution in [0.2, 0.25) is 0 Å². The van der Waals surface area contributed by atoms with E-state index in [-0.39, 0.29) is 24.5 Å². The summed E-state index contributed by atoms with van der Waals surface area (Å²) in [7, 11) is -3.73. The van der Waals surface area contributed by atoms with E-state index < -0.39 is 34.0 Å². The van der Waals surface area contributed by atoms with Crippen LogP contribution in [-0.4, -0.2) is 26.6 Å². The molecule has 1 atom stereocenters. The van der Waals surface area contributed by atoms with E-state index >= 15 is 0 Å². The molecule has 34 heavy (non-hydrogen) atoms. The minimum atomic E-state index is -3.73. The summed E-state index contributed by atoms with van der Waals surface area (Å²) in [4.78, 5) is 25.7. The average molecular weight is 484 g/mol. The van der Waals surface area contributed by atoms with Gasteiger partial charge in [0.2, 0.25) is 0 Å². The zero-order valence-electron chi connectivity index (χ0n) is 18.5. The van der Waals surface area contributed by atoms with Gasteiger partial charge in [-0.05, 0) is 28.8 Å². The number of carbonyl (C=O) groups is 2. The number of benzene rings is 3. The van der Waals surface area contributed by atoms with Crippen LogP contribution in [-0.2, 0) is 47.9 Å². The Hall–Kier alpha value is -3.69. The summed E-state index contributed by atoms with van der Waals surface area (Å²) in [6, 6.07) is 23.6. The fraction of sp³-hybridized carbons (Fsp3) is 0.200. The highest BCUT2D eigenvalue weighted by Gasteiger charge is 2.41. The minimum Gasteiger partial charge on any atom is -0.461 e. The quantitative estimate of drug-likeness (QED) is 0.345. The third kappa shape index (κ3) is 7.16. The summed E-state index contributed by atoms with van der Waals surface area (Å²) in [6.45, 7) is -0.0110. The molecule has 178 valence electrons. The predicted molar refractivity (Wildman–Crippen MR) is 125 cm³/mol. The molecule has 1 unspecified atom stereocenters. The molecule has 0 aliphatic carbocycles. The Morgan fingerprint density at radius 3 is 1.79 bits per heavy atom. The molecule has 0 aliphatic rings. The Labute approximate surface area is 198 Å². The van der Waals surface area contributed by atoms with Crippen molar-refractivity contribution < 1.29 is 31.7 Å². The van der Waals surface area contributed by atoms with Gasteiger partial charge in [-0.25, -0.2) is 4.79 Å². The molecule has 0 spiro atoms. The van der Waals surface area contributed by atoms with Gasteiger partial charge in [-0.15, -0.1) is 0 Å². The van der Waals surface area contributed by atoms with E-state index in [1.807, 2.05) is 24.3 Å². The second-order valence-electron chi connectivity index (χ2n) is 7.67. The Morgan fingerprint density at radius 2 is 1.29 bits per heavy atom. The Bertz CT molecular complexity index is 1210. The maximum absolute atomic E-state index is 13.1. The summed E-state index contributed by atoms with van der Waals surface area (Å²) in [5.74, 6) is -1.48. The van der Waals surface area contributed by atoms with Crippen LogP contribution in [0.25, 0.3) is 0 Å². The maximum atomic E-state index is 13.1. The molecule has 0 bridgehead atoms. The number of esters is 2. The first-order chi connectivity index (χ1) is 16.2. The molecule has 2 N–H and O–H groups in total. The topological polar surface area (TPSA) is 122 Å². The van der Waals surface area contributed by atoms with Crippen molar-refractivity contribution in [3.05, 3.63) is 102 Å². The van der Waals surface area contributed by atoms with E-state index in [0.29, 0.717) is 0 Å². The van der Waals surface area contributed by atoms with E-state index in [4.69, 9.17) is 19.4 Å². The van der Waals surface area contributed by atoms with Gasteiger partial charge >= 0.3 is 22.1 Å². The minimum absolute atomic E-state index is 0.0238. The highest BCUT2D eigenvalue weighted by atomic mass is 32.2. The molecule has 0 amide bonds. The smallest absolute Gasteiger partial charge is 0.331 e. The first-order valence-electron chi connectivity index (χ1n) is 10.4. The van der Waals surface area contributed by atoms with Gasteiger partial charge in [0.15, 0.2) is 5.54 Å². The van der Waals surface area contributed by atoms with Crippen molar-refractivity contribution in [2.24, 2.45) is 5.73 Å². The van der Waals surface area contributed by atoms with E-state index in [2.05, 4.69) is 0 Å². The van der Waals surface area contributed by atoms with Crippen LogP contribution in [0.3, 0.4) is 0 Å². The second kappa shape index (κ2) is 11.0. The van der Waals surface area contributed by atoms with Crippen molar-refractivity contribution in [3.8, 4) is 5.75 Å². The van der Waals surface area contributed by atoms with Gasteiger partial charge in [-0.1, -0.05) is 72.8 Å². The lowest BCUT2D eigenvalue weighted by atomic mass is 9.87. The fourth-order valence-corrected chi connectivity index (χ4v) is 3.60. The van der Waals surface area contributed by atoms with E-state index in [1.54, 1.807) is 36.4 Å². The van der Waals surface area contributed by atoms with Gasteiger partial charge in [0, 0.05) is 0 Å². The molecule has 0 aliphatic heterocycles. The molecule has 3 rings (SSSR count). The lowest BCUT2D eigenvalue weighted by Gasteiger charge is -2.27. The third-order valence-corrected chi connectivity index (χ3v) is 5.36. The predicted octanol–water partition coefficient (Wildman–Crippen LogP) is 3.06. The fourth-order valence-electron chi connectivity index (χ4n) is 3.14. The SMILES string of the molecule is CS(=O)(=O)Oc1ccc(C(N)(CC(=O)OCc2ccccc2)C(=O)OCc2ccccc2)cc1. The standard InChI is InChI=1S/C25H25NO7S/c1-34(29,30)33-22-14-12-21(13-15-22)25(26,24(28)32-18-20-10-6-3-7-11-20)16-23(27)31-17-19-8-4-2-5-9-19/h2-15H,16-18,26H2,1H3. The van der Waals surface area contributed by atoms with Gasteiger partial charge in [0.05, 0.1) is 12.7 Å². The molecule has 3 aromatic carbocycles. The van der Waals surface area contributed by atoms with E-state index in [0.717, 1.165) is 17.4 Å². The van der Waals surface area contributed by atoms with Crippen molar-refractivity contribution >= 4 is 22.1 Å². The van der Waals surface area contributed by atoms with Crippen molar-refractivity contribution in [2.75, 3.05) is 6.26 Å². The molecule has 9 heteroatoms. The first-order valence-corrected chi connectivity index (χ1v) is 12.2. The molecule has 0 radical (unpaired) electrons. The summed E-state index contributed by atoms with van der Waals surface area (Å²) in [6.07, 6.45) is 0.428. The largest absolute Gasteiger partial charge is 0.461 e. The molecule has 0 saturated carbocycles. The van der Waals surface area contributed by atoms with Gasteiger partial charge in [0.1, 0.15) is 19.0 Å². The Kier molecular flexibility index (Phi) is 8.04. The average Bonchev–Trinajstić information content (AvgIpc) is 2.82. The number of hydrogen-bond acceptors (Lipinski definition) is 8. The first kappa shape index (κ1) is 24.9. The van der Waals surface area contributed by atoms with Gasteiger partial charge in [-0.3, -0.25) is 4.79 Å². The molecule has 0 saturated heterocycles. The van der Waals surface area contributed by atoms with Crippen LogP contribution in [0.5, 0.6) is 5.75 Å². The van der Waals surface area contributed by atoms with Crippen molar-refractivity contribution in [2.45, 2.75) is 25.2 Å². The number of carbonyl (C=O) groups excluding carboxylic acids is 2. The number of nitrogens with two attached hydrogens (primary N) is 1. The summed E-state index contributed by atoms with van der Waals surface area (Å²) in [5.41, 5.74) is 6.35. The van der Waals surface area contributed by atoms with Crippen molar-refractivity contribution in [3.63, 3.8) is 0 Å². The van der Waals surface area contributed by atoms with Crippen LogP contribution in [0, 0.1) is 0 Å². The Balaban J connectivity index is 1.79. The van der Waals surface area contributed by atoms with E-state index in [9.17, 15) is 18.0 Å². The van der Waals surface area contributed by atoms with Gasteiger partial charge in [0.25, 0.3) is 0 Å². The summed E-state index contributed by atoms with van der Waals surface area (Å²) >= 11 is 0. The van der Waals surface area contributed by atoms with Crippen LogP contribution in [0.4, 0.5) is 0 Å². The molecule has 3 aromatic rings. The molecule has 0 fully saturated rings. The number of ether oxygens (including phenoxy) is 2. The normalized spacial score (nSPS) is 12.9. The van der Waals surface area contributed by atoms with Crippen LogP contribution in [0.1, 0.15) is 23.1 Å². The number of hydrogen-bond donors (Lipinski definition) is 1. The lowest BCUT2D eigenvalue weighted by Crippen LogP contribution is -2.48. The van der Waals surface area contributed by atoms with Gasteiger partial charge in [-0.2, -0.15) is 8.42 Å². The zero-order valence-corrected chi connectivity index (χ0v) is 19.4. The maximum Gasteiger partial charge on any atom is 0.331 e. The van der Waals surface area contributed by atoms with Crippen LogP contribution >= 0.6 is 0 Å².